The van der Waals surface area contributed by atoms with E-state index in [1.807, 2.05) is 24.3 Å². The average molecular weight is 570 g/mol. The maximum absolute atomic E-state index is 13.7. The number of benzene rings is 1. The van der Waals surface area contributed by atoms with E-state index in [2.05, 4.69) is 39.9 Å². The number of aryl methyl sites for hydroxylation is 2. The third kappa shape index (κ3) is 7.51. The summed E-state index contributed by atoms with van der Waals surface area (Å²) in [4.78, 5) is 50.1. The number of nitrogens with zero attached hydrogens (tertiary/aromatic N) is 3. The molecule has 9 nitrogen and oxygen atoms in total. The SMILES string of the molecule is CCOC(=O)C[C@H](NC(=O)CN1C(=O)[C@@H](CCc2ccc3c(n2)NCCC3)C[C@H]1Cc1ccccc1)c1cccnc1. The molecule has 0 radical (unpaired) electrons. The molecular formula is C33H39N5O4. The second-order valence-electron chi connectivity index (χ2n) is 11.0. The molecule has 2 amide bonds. The Labute approximate surface area is 247 Å². The molecule has 4 heterocycles. The molecule has 0 aliphatic carbocycles. The van der Waals surface area contributed by atoms with Gasteiger partial charge in [-0.1, -0.05) is 42.5 Å². The number of esters is 1. The van der Waals surface area contributed by atoms with Crippen molar-refractivity contribution in [2.45, 2.75) is 64.0 Å². The summed E-state index contributed by atoms with van der Waals surface area (Å²) in [5, 5.41) is 6.35. The van der Waals surface area contributed by atoms with Crippen LogP contribution in [0.1, 0.15) is 61.0 Å². The van der Waals surface area contributed by atoms with E-state index in [4.69, 9.17) is 9.72 Å². The Morgan fingerprint density at radius 2 is 2.00 bits per heavy atom. The van der Waals surface area contributed by atoms with Crippen LogP contribution in [-0.4, -0.2) is 58.4 Å². The van der Waals surface area contributed by atoms with Gasteiger partial charge in [-0.3, -0.25) is 19.4 Å². The Bertz CT molecular complexity index is 1370. The van der Waals surface area contributed by atoms with Crippen LogP contribution in [-0.2, 0) is 38.4 Å². The van der Waals surface area contributed by atoms with Crippen LogP contribution in [0, 0.1) is 5.92 Å². The maximum atomic E-state index is 13.7. The molecule has 3 atom stereocenters. The Morgan fingerprint density at radius 1 is 1.14 bits per heavy atom. The maximum Gasteiger partial charge on any atom is 0.308 e. The highest BCUT2D eigenvalue weighted by Gasteiger charge is 2.40. The van der Waals surface area contributed by atoms with Crippen molar-refractivity contribution in [3.8, 4) is 0 Å². The summed E-state index contributed by atoms with van der Waals surface area (Å²) >= 11 is 0. The second-order valence-corrected chi connectivity index (χ2v) is 11.0. The molecule has 220 valence electrons. The molecule has 2 aliphatic rings. The standard InChI is InChI=1S/C33H39N5O4/c1-2-42-31(40)20-29(26-11-6-16-34-21-26)37-30(39)22-38-28(18-23-8-4-3-5-9-23)19-25(33(38)41)13-15-27-14-12-24-10-7-17-35-32(24)36-27/h3-6,8-9,11-12,14,16,21,25,28-29H,2,7,10,13,15,17-20,22H2,1H3,(H,35,36)(H,37,39)/t25-,28+,29-/m0/s1. The third-order valence-electron chi connectivity index (χ3n) is 8.06. The monoisotopic (exact) mass is 569 g/mol. The minimum absolute atomic E-state index is 0.00881. The van der Waals surface area contributed by atoms with Crippen molar-refractivity contribution in [3.05, 3.63) is 89.4 Å². The summed E-state index contributed by atoms with van der Waals surface area (Å²) in [5.41, 5.74) is 4.05. The van der Waals surface area contributed by atoms with Crippen LogP contribution in [0.3, 0.4) is 0 Å². The highest BCUT2D eigenvalue weighted by Crippen LogP contribution is 2.31. The first kappa shape index (κ1) is 29.2. The van der Waals surface area contributed by atoms with Gasteiger partial charge in [0.15, 0.2) is 0 Å². The molecule has 0 spiro atoms. The van der Waals surface area contributed by atoms with Crippen molar-refractivity contribution >= 4 is 23.6 Å². The average Bonchev–Trinajstić information content (AvgIpc) is 3.29. The zero-order valence-corrected chi connectivity index (χ0v) is 24.1. The number of aromatic nitrogens is 2. The summed E-state index contributed by atoms with van der Waals surface area (Å²) < 4.78 is 5.13. The van der Waals surface area contributed by atoms with Crippen LogP contribution in [0.25, 0.3) is 0 Å². The zero-order valence-electron chi connectivity index (χ0n) is 24.1. The number of likely N-dealkylation sites (tertiary alicyclic amines) is 1. The van der Waals surface area contributed by atoms with Gasteiger partial charge in [0.05, 0.1) is 25.6 Å². The number of nitrogens with one attached hydrogen (secondary N) is 2. The van der Waals surface area contributed by atoms with Gasteiger partial charge < -0.3 is 20.3 Å². The lowest BCUT2D eigenvalue weighted by Crippen LogP contribution is -2.44. The van der Waals surface area contributed by atoms with Crippen LogP contribution in [0.2, 0.25) is 0 Å². The fourth-order valence-corrected chi connectivity index (χ4v) is 5.94. The molecule has 3 aromatic rings. The lowest BCUT2D eigenvalue weighted by Gasteiger charge is -2.26. The second kappa shape index (κ2) is 14.1. The molecule has 2 N–H and O–H groups in total. The number of pyridine rings is 2. The van der Waals surface area contributed by atoms with E-state index in [9.17, 15) is 14.4 Å². The van der Waals surface area contributed by atoms with Gasteiger partial charge >= 0.3 is 5.97 Å². The van der Waals surface area contributed by atoms with Crippen molar-refractivity contribution in [1.82, 2.24) is 20.2 Å². The molecule has 2 aromatic heterocycles. The van der Waals surface area contributed by atoms with Gasteiger partial charge in [0.25, 0.3) is 0 Å². The molecule has 0 bridgehead atoms. The number of amides is 2. The van der Waals surface area contributed by atoms with Crippen LogP contribution in [0.5, 0.6) is 0 Å². The number of ether oxygens (including phenoxy) is 1. The van der Waals surface area contributed by atoms with Gasteiger partial charge in [-0.2, -0.15) is 0 Å². The molecule has 1 fully saturated rings. The smallest absolute Gasteiger partial charge is 0.308 e. The molecule has 1 saturated heterocycles. The number of carbonyl (C=O) groups excluding carboxylic acids is 3. The Hall–Kier alpha value is -4.27. The van der Waals surface area contributed by atoms with Crippen molar-refractivity contribution < 1.29 is 19.1 Å². The summed E-state index contributed by atoms with van der Waals surface area (Å²) in [6.07, 6.45) is 8.13. The highest BCUT2D eigenvalue weighted by molar-refractivity contribution is 5.88. The minimum atomic E-state index is -0.602. The number of rotatable bonds is 12. The number of carbonyl (C=O) groups is 3. The van der Waals surface area contributed by atoms with Gasteiger partial charge in [-0.05, 0) is 74.3 Å². The molecule has 42 heavy (non-hydrogen) atoms. The molecule has 0 saturated carbocycles. The van der Waals surface area contributed by atoms with Crippen molar-refractivity contribution in [2.75, 3.05) is 25.0 Å². The van der Waals surface area contributed by atoms with Gasteiger partial charge in [0.2, 0.25) is 11.8 Å². The lowest BCUT2D eigenvalue weighted by molar-refractivity contribution is -0.144. The number of hydrogen-bond donors (Lipinski definition) is 2. The van der Waals surface area contributed by atoms with Crippen LogP contribution in [0.15, 0.2) is 67.0 Å². The van der Waals surface area contributed by atoms with E-state index in [0.717, 1.165) is 36.5 Å². The van der Waals surface area contributed by atoms with Gasteiger partial charge in [-0.25, -0.2) is 4.98 Å². The van der Waals surface area contributed by atoms with Crippen LogP contribution in [0.4, 0.5) is 5.82 Å². The molecule has 5 rings (SSSR count). The lowest BCUT2D eigenvalue weighted by atomic mass is 9.95. The normalized spacial score (nSPS) is 18.6. The van der Waals surface area contributed by atoms with Crippen LogP contribution >= 0.6 is 0 Å². The fraction of sp³-hybridized carbons (Fsp3) is 0.424. The van der Waals surface area contributed by atoms with Gasteiger partial charge in [-0.15, -0.1) is 0 Å². The van der Waals surface area contributed by atoms with E-state index in [-0.39, 0.29) is 43.3 Å². The van der Waals surface area contributed by atoms with Gasteiger partial charge in [0, 0.05) is 36.6 Å². The number of anilines is 1. The fourth-order valence-electron chi connectivity index (χ4n) is 5.94. The van der Waals surface area contributed by atoms with Crippen molar-refractivity contribution in [1.29, 1.82) is 0 Å². The predicted molar refractivity (Wildman–Crippen MR) is 159 cm³/mol. The third-order valence-corrected chi connectivity index (χ3v) is 8.06. The van der Waals surface area contributed by atoms with E-state index < -0.39 is 12.0 Å². The zero-order chi connectivity index (χ0) is 29.3. The first-order chi connectivity index (χ1) is 20.5. The molecule has 2 aliphatic heterocycles. The summed E-state index contributed by atoms with van der Waals surface area (Å²) in [6, 6.07) is 17.1. The molecular weight excluding hydrogens is 530 g/mol. The Morgan fingerprint density at radius 3 is 2.79 bits per heavy atom. The largest absolute Gasteiger partial charge is 0.466 e. The highest BCUT2D eigenvalue weighted by atomic mass is 16.5. The molecule has 9 heteroatoms. The minimum Gasteiger partial charge on any atom is -0.466 e. The molecule has 1 aromatic carbocycles. The Kier molecular flexibility index (Phi) is 9.79. The van der Waals surface area contributed by atoms with Crippen molar-refractivity contribution in [3.63, 3.8) is 0 Å². The van der Waals surface area contributed by atoms with E-state index >= 15 is 0 Å². The Balaban J connectivity index is 1.28. The number of hydrogen-bond acceptors (Lipinski definition) is 7. The topological polar surface area (TPSA) is 114 Å². The summed E-state index contributed by atoms with van der Waals surface area (Å²) in [5.74, 6) is 0.0405. The first-order valence-corrected chi connectivity index (χ1v) is 14.9. The quantitative estimate of drug-likeness (QED) is 0.317. The van der Waals surface area contributed by atoms with Crippen molar-refractivity contribution in [2.24, 2.45) is 5.92 Å². The van der Waals surface area contributed by atoms with E-state index in [1.165, 1.54) is 5.56 Å². The first-order valence-electron chi connectivity index (χ1n) is 14.9. The predicted octanol–water partition coefficient (Wildman–Crippen LogP) is 4.04. The van der Waals surface area contributed by atoms with Gasteiger partial charge in [0.1, 0.15) is 5.82 Å². The summed E-state index contributed by atoms with van der Waals surface area (Å²) in [7, 11) is 0. The summed E-state index contributed by atoms with van der Waals surface area (Å²) in [6.45, 7) is 2.86. The van der Waals surface area contributed by atoms with E-state index in [0.29, 0.717) is 31.2 Å². The van der Waals surface area contributed by atoms with Crippen LogP contribution < -0.4 is 10.6 Å². The van der Waals surface area contributed by atoms with E-state index in [1.54, 1.807) is 30.3 Å². The number of fused-ring (bicyclic) bond motifs is 1. The molecule has 0 unspecified atom stereocenters.